The number of hydrogen-bond donors (Lipinski definition) is 1. The van der Waals surface area contributed by atoms with E-state index >= 15 is 0 Å². The molecule has 0 aliphatic rings. The van der Waals surface area contributed by atoms with E-state index in [4.69, 9.17) is 0 Å². The lowest BCUT2D eigenvalue weighted by molar-refractivity contribution is 1.35. The van der Waals surface area contributed by atoms with Crippen molar-refractivity contribution >= 4 is 43.4 Å². The third kappa shape index (κ3) is 1.34. The summed E-state index contributed by atoms with van der Waals surface area (Å²) in [5, 5.41) is 7.54. The zero-order valence-electron chi connectivity index (χ0n) is 11.3. The number of aromatic amines is 1. The third-order valence-corrected chi connectivity index (χ3v) is 4.29. The van der Waals surface area contributed by atoms with Crippen molar-refractivity contribution in [3.63, 3.8) is 0 Å². The minimum absolute atomic E-state index is 1.05. The normalized spacial score (nSPS) is 11.8. The second-order valence-electron chi connectivity index (χ2n) is 5.38. The molecule has 0 saturated carbocycles. The van der Waals surface area contributed by atoms with Crippen LogP contribution in [0, 0.1) is 0 Å². The molecular formula is C19H12N2. The maximum Gasteiger partial charge on any atom is 0.0967 e. The fourth-order valence-corrected chi connectivity index (χ4v) is 3.38. The van der Waals surface area contributed by atoms with Crippen LogP contribution in [0.4, 0.5) is 0 Å². The van der Waals surface area contributed by atoms with Gasteiger partial charge < -0.3 is 4.98 Å². The summed E-state index contributed by atoms with van der Waals surface area (Å²) >= 11 is 0. The number of nitrogens with one attached hydrogen (secondary N) is 1. The second kappa shape index (κ2) is 3.83. The quantitative estimate of drug-likeness (QED) is 0.392. The number of benzene rings is 4. The highest BCUT2D eigenvalue weighted by Gasteiger charge is 2.12. The first kappa shape index (κ1) is 10.9. The van der Waals surface area contributed by atoms with Gasteiger partial charge in [0, 0.05) is 10.8 Å². The minimum atomic E-state index is 1.05. The summed E-state index contributed by atoms with van der Waals surface area (Å²) in [7, 11) is 0. The molecule has 0 atom stereocenters. The number of aromatic nitrogens is 2. The molecule has 2 nitrogen and oxygen atoms in total. The number of imidazole rings is 1. The van der Waals surface area contributed by atoms with E-state index in [0.717, 1.165) is 11.0 Å². The van der Waals surface area contributed by atoms with E-state index in [1.807, 2.05) is 0 Å². The highest BCUT2D eigenvalue weighted by atomic mass is 14.9. The second-order valence-corrected chi connectivity index (χ2v) is 5.38. The van der Waals surface area contributed by atoms with Gasteiger partial charge in [-0.05, 0) is 21.5 Å². The van der Waals surface area contributed by atoms with Crippen LogP contribution in [0.1, 0.15) is 0 Å². The fraction of sp³-hybridized carbons (Fsp3) is 0. The van der Waals surface area contributed by atoms with Crippen molar-refractivity contribution in [2.45, 2.75) is 0 Å². The van der Waals surface area contributed by atoms with Crippen LogP contribution < -0.4 is 0 Å². The largest absolute Gasteiger partial charge is 0.344 e. The number of H-pyrrole nitrogens is 1. The standard InChI is InChI=1S/C19H12N2/c1-2-6-13-12(5-1)9-10-15-14-7-3-4-8-16(14)18-19(17(13)15)21-11-20-18/h1-11H,(H,20,21). The maximum atomic E-state index is 4.55. The van der Waals surface area contributed by atoms with Crippen LogP contribution in [0.3, 0.4) is 0 Å². The predicted octanol–water partition coefficient (Wildman–Crippen LogP) is 5.02. The number of nitrogens with zero attached hydrogens (tertiary/aromatic N) is 1. The van der Waals surface area contributed by atoms with Gasteiger partial charge >= 0.3 is 0 Å². The molecule has 0 unspecified atom stereocenters. The molecule has 2 heteroatoms. The van der Waals surface area contributed by atoms with Crippen LogP contribution in [0.15, 0.2) is 67.0 Å². The molecule has 1 N–H and O–H groups in total. The van der Waals surface area contributed by atoms with Gasteiger partial charge in [0.25, 0.3) is 0 Å². The van der Waals surface area contributed by atoms with Crippen LogP contribution in [0.5, 0.6) is 0 Å². The van der Waals surface area contributed by atoms with Crippen molar-refractivity contribution in [3.8, 4) is 0 Å². The van der Waals surface area contributed by atoms with Crippen molar-refractivity contribution in [1.82, 2.24) is 9.97 Å². The molecule has 0 bridgehead atoms. The molecule has 0 fully saturated rings. The van der Waals surface area contributed by atoms with Crippen LogP contribution in [-0.2, 0) is 0 Å². The Hall–Kier alpha value is -2.87. The van der Waals surface area contributed by atoms with Crippen LogP contribution in [-0.4, -0.2) is 9.97 Å². The molecule has 0 aliphatic carbocycles. The summed E-state index contributed by atoms with van der Waals surface area (Å²) in [6, 6.07) is 21.4. The van der Waals surface area contributed by atoms with Crippen molar-refractivity contribution in [1.29, 1.82) is 0 Å². The molecule has 1 aromatic heterocycles. The van der Waals surface area contributed by atoms with E-state index in [1.54, 1.807) is 6.33 Å². The van der Waals surface area contributed by atoms with Gasteiger partial charge in [0.05, 0.1) is 17.4 Å². The molecule has 1 heterocycles. The van der Waals surface area contributed by atoms with E-state index in [0.29, 0.717) is 0 Å². The van der Waals surface area contributed by atoms with Crippen LogP contribution >= 0.6 is 0 Å². The van der Waals surface area contributed by atoms with Gasteiger partial charge in [-0.3, -0.25) is 0 Å². The van der Waals surface area contributed by atoms with Gasteiger partial charge in [-0.25, -0.2) is 4.98 Å². The average Bonchev–Trinajstić information content (AvgIpc) is 3.04. The highest BCUT2D eigenvalue weighted by molar-refractivity contribution is 6.29. The zero-order valence-corrected chi connectivity index (χ0v) is 11.3. The minimum Gasteiger partial charge on any atom is -0.344 e. The fourth-order valence-electron chi connectivity index (χ4n) is 3.38. The SMILES string of the molecule is c1ccc2c(c1)ccc1c3ccccc3c3nc[nH]c3c21. The van der Waals surface area contributed by atoms with Gasteiger partial charge in [0.15, 0.2) is 0 Å². The monoisotopic (exact) mass is 268 g/mol. The highest BCUT2D eigenvalue weighted by Crippen LogP contribution is 2.36. The molecule has 21 heavy (non-hydrogen) atoms. The molecule has 0 spiro atoms. The van der Waals surface area contributed by atoms with Gasteiger partial charge in [-0.2, -0.15) is 0 Å². The molecule has 0 saturated heterocycles. The Balaban J connectivity index is 2.24. The number of hydrogen-bond acceptors (Lipinski definition) is 1. The lowest BCUT2D eigenvalue weighted by Gasteiger charge is -2.09. The van der Waals surface area contributed by atoms with Crippen LogP contribution in [0.2, 0.25) is 0 Å². The summed E-state index contributed by atoms with van der Waals surface area (Å²) in [5.74, 6) is 0. The van der Waals surface area contributed by atoms with E-state index in [1.165, 1.54) is 32.3 Å². The first-order valence-corrected chi connectivity index (χ1v) is 7.09. The molecule has 5 aromatic rings. The van der Waals surface area contributed by atoms with Crippen molar-refractivity contribution in [2.75, 3.05) is 0 Å². The smallest absolute Gasteiger partial charge is 0.0967 e. The van der Waals surface area contributed by atoms with Crippen LogP contribution in [0.25, 0.3) is 43.4 Å². The van der Waals surface area contributed by atoms with Crippen molar-refractivity contribution in [3.05, 3.63) is 67.0 Å². The summed E-state index contributed by atoms with van der Waals surface area (Å²) in [5.41, 5.74) is 2.18. The Kier molecular flexibility index (Phi) is 1.98. The predicted molar refractivity (Wildman–Crippen MR) is 88.6 cm³/mol. The average molecular weight is 268 g/mol. The van der Waals surface area contributed by atoms with Gasteiger partial charge in [-0.1, -0.05) is 60.7 Å². The van der Waals surface area contributed by atoms with Gasteiger partial charge in [0.2, 0.25) is 0 Å². The molecule has 0 aliphatic heterocycles. The van der Waals surface area contributed by atoms with Crippen molar-refractivity contribution < 1.29 is 0 Å². The van der Waals surface area contributed by atoms with E-state index in [9.17, 15) is 0 Å². The third-order valence-electron chi connectivity index (χ3n) is 4.29. The molecule has 4 aromatic carbocycles. The van der Waals surface area contributed by atoms with Crippen molar-refractivity contribution in [2.24, 2.45) is 0 Å². The van der Waals surface area contributed by atoms with Gasteiger partial charge in [0.1, 0.15) is 0 Å². The Morgan fingerprint density at radius 2 is 1.43 bits per heavy atom. The molecule has 98 valence electrons. The molecule has 0 amide bonds. The Morgan fingerprint density at radius 1 is 0.667 bits per heavy atom. The first-order valence-electron chi connectivity index (χ1n) is 7.09. The lowest BCUT2D eigenvalue weighted by Crippen LogP contribution is -1.84. The Bertz CT molecular complexity index is 1130. The lowest BCUT2D eigenvalue weighted by atomic mass is 9.95. The van der Waals surface area contributed by atoms with E-state index < -0.39 is 0 Å². The maximum absolute atomic E-state index is 4.55. The Labute approximate surface area is 121 Å². The van der Waals surface area contributed by atoms with E-state index in [2.05, 4.69) is 70.6 Å². The summed E-state index contributed by atoms with van der Waals surface area (Å²) in [6.07, 6.45) is 1.79. The summed E-state index contributed by atoms with van der Waals surface area (Å²) < 4.78 is 0. The number of rotatable bonds is 0. The molecule has 0 radical (unpaired) electrons. The number of fused-ring (bicyclic) bond motifs is 8. The van der Waals surface area contributed by atoms with E-state index in [-0.39, 0.29) is 0 Å². The molecular weight excluding hydrogens is 256 g/mol. The van der Waals surface area contributed by atoms with Gasteiger partial charge in [-0.15, -0.1) is 0 Å². The molecule has 5 rings (SSSR count). The summed E-state index contributed by atoms with van der Waals surface area (Å²) in [4.78, 5) is 7.88. The summed E-state index contributed by atoms with van der Waals surface area (Å²) in [6.45, 7) is 0. The Morgan fingerprint density at radius 3 is 2.33 bits per heavy atom. The first-order chi connectivity index (χ1) is 10.4. The zero-order chi connectivity index (χ0) is 13.8. The topological polar surface area (TPSA) is 28.7 Å².